The third-order valence-electron chi connectivity index (χ3n) is 2.84. The van der Waals surface area contributed by atoms with Crippen LogP contribution in [0.2, 0.25) is 0 Å². The van der Waals surface area contributed by atoms with Gasteiger partial charge in [0.15, 0.2) is 0 Å². The van der Waals surface area contributed by atoms with Crippen LogP contribution in [0.1, 0.15) is 24.2 Å². The molecule has 0 spiro atoms. The van der Waals surface area contributed by atoms with Crippen molar-refractivity contribution in [1.82, 2.24) is 10.3 Å². The Morgan fingerprint density at radius 3 is 2.89 bits per heavy atom. The van der Waals surface area contributed by atoms with E-state index < -0.39 is 0 Å². The smallest absolute Gasteiger partial charge is 0.269 e. The lowest BCUT2D eigenvalue weighted by Gasteiger charge is -2.13. The van der Waals surface area contributed by atoms with E-state index in [-0.39, 0.29) is 16.7 Å². The summed E-state index contributed by atoms with van der Waals surface area (Å²) in [4.78, 5) is 13.4. The maximum Gasteiger partial charge on any atom is 0.269 e. The van der Waals surface area contributed by atoms with Crippen LogP contribution in [-0.4, -0.2) is 9.91 Å². The molecule has 1 atom stereocenters. The number of benzene rings is 1. The second kappa shape index (κ2) is 5.46. The molecule has 2 aromatic rings. The minimum absolute atomic E-state index is 0.0631. The van der Waals surface area contributed by atoms with Crippen LogP contribution in [-0.2, 0) is 6.54 Å². The molecule has 0 saturated carbocycles. The molecular weight excluding hydrogens is 230 g/mol. The standard InChI is InChI=1S/C13H15N3O2/c1-10(15-9-12-5-3-7-14-12)11-4-2-6-13(8-11)16(17)18/h2-8,10,14-15H,9H2,1H3. The Labute approximate surface area is 105 Å². The lowest BCUT2D eigenvalue weighted by Crippen LogP contribution is -2.18. The van der Waals surface area contributed by atoms with E-state index in [9.17, 15) is 10.1 Å². The van der Waals surface area contributed by atoms with Crippen LogP contribution in [0.3, 0.4) is 0 Å². The number of nitro groups is 1. The molecule has 2 rings (SSSR count). The Morgan fingerprint density at radius 2 is 2.22 bits per heavy atom. The van der Waals surface area contributed by atoms with Gasteiger partial charge >= 0.3 is 0 Å². The number of non-ortho nitro benzene ring substituents is 1. The SMILES string of the molecule is CC(NCc1ccc[nH]1)c1cccc([N+](=O)[O-])c1. The van der Waals surface area contributed by atoms with Gasteiger partial charge in [-0.1, -0.05) is 12.1 Å². The zero-order valence-corrected chi connectivity index (χ0v) is 10.1. The second-order valence-electron chi connectivity index (χ2n) is 4.15. The van der Waals surface area contributed by atoms with Crippen molar-refractivity contribution < 1.29 is 4.92 Å². The fraction of sp³-hybridized carbons (Fsp3) is 0.231. The van der Waals surface area contributed by atoms with Gasteiger partial charge in [0.25, 0.3) is 5.69 Å². The molecule has 1 aromatic carbocycles. The van der Waals surface area contributed by atoms with Crippen LogP contribution in [0.25, 0.3) is 0 Å². The van der Waals surface area contributed by atoms with Crippen molar-refractivity contribution in [2.45, 2.75) is 19.5 Å². The second-order valence-corrected chi connectivity index (χ2v) is 4.15. The Morgan fingerprint density at radius 1 is 1.39 bits per heavy atom. The Hall–Kier alpha value is -2.14. The lowest BCUT2D eigenvalue weighted by atomic mass is 10.1. The summed E-state index contributed by atoms with van der Waals surface area (Å²) in [5, 5.41) is 14.0. The van der Waals surface area contributed by atoms with E-state index in [2.05, 4.69) is 10.3 Å². The topological polar surface area (TPSA) is 71.0 Å². The highest BCUT2D eigenvalue weighted by Gasteiger charge is 2.10. The molecular formula is C13H15N3O2. The first-order valence-electron chi connectivity index (χ1n) is 5.77. The van der Waals surface area contributed by atoms with Crippen LogP contribution in [0, 0.1) is 10.1 Å². The van der Waals surface area contributed by atoms with Crippen molar-refractivity contribution in [3.8, 4) is 0 Å². The predicted molar refractivity (Wildman–Crippen MR) is 69.1 cm³/mol. The van der Waals surface area contributed by atoms with Gasteiger partial charge in [-0.05, 0) is 24.6 Å². The van der Waals surface area contributed by atoms with Gasteiger partial charge in [-0.3, -0.25) is 10.1 Å². The molecule has 0 fully saturated rings. The fourth-order valence-electron chi connectivity index (χ4n) is 1.77. The molecule has 1 unspecified atom stereocenters. The van der Waals surface area contributed by atoms with Crippen LogP contribution in [0.4, 0.5) is 5.69 Å². The predicted octanol–water partition coefficient (Wildman–Crippen LogP) is 2.77. The highest BCUT2D eigenvalue weighted by Crippen LogP contribution is 2.19. The molecule has 0 amide bonds. The lowest BCUT2D eigenvalue weighted by molar-refractivity contribution is -0.384. The number of aromatic amines is 1. The van der Waals surface area contributed by atoms with Crippen molar-refractivity contribution in [3.05, 3.63) is 64.0 Å². The Kier molecular flexibility index (Phi) is 3.74. The third-order valence-corrected chi connectivity index (χ3v) is 2.84. The monoisotopic (exact) mass is 245 g/mol. The van der Waals surface area contributed by atoms with E-state index in [1.165, 1.54) is 6.07 Å². The van der Waals surface area contributed by atoms with Gasteiger partial charge in [-0.2, -0.15) is 0 Å². The number of hydrogen-bond donors (Lipinski definition) is 2. The maximum atomic E-state index is 10.7. The molecule has 2 N–H and O–H groups in total. The summed E-state index contributed by atoms with van der Waals surface area (Å²) in [6.07, 6.45) is 1.87. The average Bonchev–Trinajstić information content (AvgIpc) is 2.89. The van der Waals surface area contributed by atoms with Gasteiger partial charge in [0.2, 0.25) is 0 Å². The number of nitrogens with one attached hydrogen (secondary N) is 2. The number of rotatable bonds is 5. The third kappa shape index (κ3) is 2.95. The number of nitrogens with zero attached hydrogens (tertiary/aromatic N) is 1. The van der Waals surface area contributed by atoms with Crippen molar-refractivity contribution in [2.24, 2.45) is 0 Å². The van der Waals surface area contributed by atoms with Crippen LogP contribution >= 0.6 is 0 Å². The van der Waals surface area contributed by atoms with Crippen molar-refractivity contribution >= 4 is 5.69 Å². The first kappa shape index (κ1) is 12.3. The molecule has 18 heavy (non-hydrogen) atoms. The van der Waals surface area contributed by atoms with Crippen molar-refractivity contribution in [3.63, 3.8) is 0 Å². The van der Waals surface area contributed by atoms with Gasteiger partial charge < -0.3 is 10.3 Å². The summed E-state index contributed by atoms with van der Waals surface area (Å²) < 4.78 is 0. The zero-order chi connectivity index (χ0) is 13.0. The normalized spacial score (nSPS) is 12.3. The maximum absolute atomic E-state index is 10.7. The van der Waals surface area contributed by atoms with Crippen LogP contribution < -0.4 is 5.32 Å². The highest BCUT2D eigenvalue weighted by atomic mass is 16.6. The fourth-order valence-corrected chi connectivity index (χ4v) is 1.77. The van der Waals surface area contributed by atoms with E-state index in [4.69, 9.17) is 0 Å². The summed E-state index contributed by atoms with van der Waals surface area (Å²) in [6.45, 7) is 2.69. The first-order chi connectivity index (χ1) is 8.66. The van der Waals surface area contributed by atoms with E-state index in [0.29, 0.717) is 6.54 Å². The molecule has 0 bridgehead atoms. The molecule has 94 valence electrons. The van der Waals surface area contributed by atoms with Crippen molar-refractivity contribution in [1.29, 1.82) is 0 Å². The summed E-state index contributed by atoms with van der Waals surface area (Å²) in [7, 11) is 0. The van der Waals surface area contributed by atoms with Crippen molar-refractivity contribution in [2.75, 3.05) is 0 Å². The number of nitro benzene ring substituents is 1. The largest absolute Gasteiger partial charge is 0.364 e. The zero-order valence-electron chi connectivity index (χ0n) is 10.1. The van der Waals surface area contributed by atoms with E-state index in [1.54, 1.807) is 12.1 Å². The summed E-state index contributed by atoms with van der Waals surface area (Å²) in [5.74, 6) is 0. The average molecular weight is 245 g/mol. The molecule has 1 aromatic heterocycles. The summed E-state index contributed by atoms with van der Waals surface area (Å²) in [6, 6.07) is 10.7. The van der Waals surface area contributed by atoms with Crippen LogP contribution in [0.15, 0.2) is 42.6 Å². The Balaban J connectivity index is 2.02. The van der Waals surface area contributed by atoms with E-state index in [1.807, 2.05) is 31.3 Å². The van der Waals surface area contributed by atoms with Gasteiger partial charge in [0.05, 0.1) is 4.92 Å². The first-order valence-corrected chi connectivity index (χ1v) is 5.77. The van der Waals surface area contributed by atoms with Gasteiger partial charge in [-0.15, -0.1) is 0 Å². The number of H-pyrrole nitrogens is 1. The van der Waals surface area contributed by atoms with Gasteiger partial charge in [0, 0.05) is 36.6 Å². The Bertz CT molecular complexity index is 523. The highest BCUT2D eigenvalue weighted by molar-refractivity contribution is 5.35. The molecule has 5 heteroatoms. The number of aromatic nitrogens is 1. The molecule has 0 aliphatic carbocycles. The molecule has 0 aliphatic heterocycles. The molecule has 1 heterocycles. The minimum atomic E-state index is -0.374. The molecule has 0 radical (unpaired) electrons. The van der Waals surface area contributed by atoms with E-state index >= 15 is 0 Å². The van der Waals surface area contributed by atoms with Gasteiger partial charge in [-0.25, -0.2) is 0 Å². The quantitative estimate of drug-likeness (QED) is 0.628. The minimum Gasteiger partial charge on any atom is -0.364 e. The summed E-state index contributed by atoms with van der Waals surface area (Å²) in [5.41, 5.74) is 2.13. The van der Waals surface area contributed by atoms with Crippen LogP contribution in [0.5, 0.6) is 0 Å². The van der Waals surface area contributed by atoms with Gasteiger partial charge in [0.1, 0.15) is 0 Å². The molecule has 0 aliphatic rings. The molecule has 0 saturated heterocycles. The molecule has 5 nitrogen and oxygen atoms in total. The number of hydrogen-bond acceptors (Lipinski definition) is 3. The van der Waals surface area contributed by atoms with E-state index in [0.717, 1.165) is 11.3 Å². The summed E-state index contributed by atoms with van der Waals surface area (Å²) >= 11 is 0.